The average molecular weight is 591 g/mol. The SMILES string of the molecule is [CH3-].[Cu].c1ccc2c(c1)-c1nc-2nc2[n-]c(nc3nc(nc4[n-]c(n1)c1ccccc41)-c1ccccc1-3)c1ccccc21. The Hall–Kier alpha value is -5.24. The Morgan fingerprint density at radius 2 is 0.571 bits per heavy atom. The molecule has 8 bridgehead atoms. The Morgan fingerprint density at radius 3 is 0.833 bits per heavy atom. The molecule has 9 rings (SSSR count). The van der Waals surface area contributed by atoms with Crippen molar-refractivity contribution in [2.24, 2.45) is 0 Å². The van der Waals surface area contributed by atoms with Gasteiger partial charge < -0.3 is 37.3 Å². The van der Waals surface area contributed by atoms with Crippen LogP contribution in [0.5, 0.6) is 0 Å². The first-order valence-corrected chi connectivity index (χ1v) is 12.9. The molecule has 1 radical (unpaired) electrons. The Bertz CT molecular complexity index is 2030. The van der Waals surface area contributed by atoms with E-state index in [0.717, 1.165) is 43.8 Å². The van der Waals surface area contributed by atoms with Crippen LogP contribution < -0.4 is 9.97 Å². The zero-order valence-corrected chi connectivity index (χ0v) is 23.1. The van der Waals surface area contributed by atoms with Crippen LogP contribution in [0.2, 0.25) is 0 Å². The minimum Gasteiger partial charge on any atom is -0.358 e. The van der Waals surface area contributed by atoms with Crippen LogP contribution in [0, 0.1) is 7.43 Å². The second kappa shape index (κ2) is 9.69. The summed E-state index contributed by atoms with van der Waals surface area (Å²) < 4.78 is 0. The van der Waals surface area contributed by atoms with E-state index in [0.29, 0.717) is 45.9 Å². The summed E-state index contributed by atoms with van der Waals surface area (Å²) in [5.41, 5.74) is 5.78. The van der Waals surface area contributed by atoms with Crippen molar-refractivity contribution in [3.8, 4) is 45.6 Å². The van der Waals surface area contributed by atoms with Gasteiger partial charge in [0.25, 0.3) is 0 Å². The maximum Gasteiger partial charge on any atom is 0.0927 e. The number of rotatable bonds is 0. The fourth-order valence-electron chi connectivity index (χ4n) is 5.46. The van der Waals surface area contributed by atoms with E-state index in [1.165, 1.54) is 0 Å². The third-order valence-corrected chi connectivity index (χ3v) is 7.33. The smallest absolute Gasteiger partial charge is 0.0927 e. The number of aromatic nitrogens is 8. The number of benzene rings is 4. The Labute approximate surface area is 250 Å². The topological polar surface area (TPSA) is 106 Å². The quantitative estimate of drug-likeness (QED) is 0.144. The van der Waals surface area contributed by atoms with Gasteiger partial charge in [0.1, 0.15) is 0 Å². The fourth-order valence-corrected chi connectivity index (χ4v) is 5.46. The summed E-state index contributed by atoms with van der Waals surface area (Å²) in [7, 11) is 0. The minimum absolute atomic E-state index is 0. The molecule has 0 aliphatic carbocycles. The first-order valence-electron chi connectivity index (χ1n) is 12.9. The molecule has 7 aromatic rings. The second-order valence-corrected chi connectivity index (χ2v) is 9.67. The molecule has 0 saturated heterocycles. The Balaban J connectivity index is 0.00000144. The van der Waals surface area contributed by atoms with Crippen LogP contribution in [0.1, 0.15) is 0 Å². The first-order chi connectivity index (χ1) is 19.8. The van der Waals surface area contributed by atoms with Crippen LogP contribution in [0.25, 0.3) is 89.7 Å². The molecule has 0 fully saturated rings. The molecule has 3 aromatic heterocycles. The van der Waals surface area contributed by atoms with Gasteiger partial charge in [-0.05, 0) is 21.5 Å². The predicted octanol–water partition coefficient (Wildman–Crippen LogP) is 6.58. The number of hydrogen-bond acceptors (Lipinski definition) is 6. The van der Waals surface area contributed by atoms with Crippen molar-refractivity contribution >= 4 is 44.1 Å². The van der Waals surface area contributed by atoms with E-state index in [1.807, 2.05) is 97.1 Å². The molecular weight excluding hydrogens is 572 g/mol. The molecule has 0 saturated carbocycles. The van der Waals surface area contributed by atoms with Gasteiger partial charge in [0, 0.05) is 61.9 Å². The number of nitrogens with zero attached hydrogens (tertiary/aromatic N) is 8. The van der Waals surface area contributed by atoms with Crippen LogP contribution in [0.3, 0.4) is 0 Å². The van der Waals surface area contributed by atoms with Crippen molar-refractivity contribution in [1.29, 1.82) is 0 Å². The van der Waals surface area contributed by atoms with Crippen molar-refractivity contribution in [3.05, 3.63) is 104 Å². The summed E-state index contributed by atoms with van der Waals surface area (Å²) in [5, 5.41) is 3.57. The van der Waals surface area contributed by atoms with Crippen molar-refractivity contribution in [2.45, 2.75) is 0 Å². The molecule has 0 atom stereocenters. The second-order valence-electron chi connectivity index (χ2n) is 9.67. The zero-order chi connectivity index (χ0) is 26.2. The maximum atomic E-state index is 4.95. The van der Waals surface area contributed by atoms with Gasteiger partial charge in [0.2, 0.25) is 0 Å². The van der Waals surface area contributed by atoms with Crippen molar-refractivity contribution in [3.63, 3.8) is 0 Å². The van der Waals surface area contributed by atoms with Crippen molar-refractivity contribution in [2.75, 3.05) is 0 Å². The molecule has 2 aliphatic heterocycles. The van der Waals surface area contributed by atoms with Crippen LogP contribution in [0.15, 0.2) is 97.1 Å². The first kappa shape index (κ1) is 25.7. The summed E-state index contributed by atoms with van der Waals surface area (Å²) in [6.45, 7) is 0. The van der Waals surface area contributed by atoms with E-state index in [1.54, 1.807) is 0 Å². The third kappa shape index (κ3) is 3.75. The van der Waals surface area contributed by atoms with Crippen LogP contribution >= 0.6 is 0 Å². The molecule has 2 aliphatic rings. The average Bonchev–Trinajstić information content (AvgIpc) is 3.73. The summed E-state index contributed by atoms with van der Waals surface area (Å²) in [4.78, 5) is 39.3. The molecule has 9 heteroatoms. The zero-order valence-electron chi connectivity index (χ0n) is 22.1. The van der Waals surface area contributed by atoms with Crippen molar-refractivity contribution in [1.82, 2.24) is 39.9 Å². The molecule has 4 aromatic carbocycles. The van der Waals surface area contributed by atoms with E-state index in [-0.39, 0.29) is 24.5 Å². The molecule has 0 amide bonds. The molecule has 42 heavy (non-hydrogen) atoms. The fraction of sp³-hybridized carbons (Fsp3) is 0. The van der Waals surface area contributed by atoms with Crippen LogP contribution in [-0.4, -0.2) is 29.9 Å². The number of hydrogen-bond donors (Lipinski definition) is 0. The standard InChI is InChI=1S/C32H16N8.CH3.Cu/c1-2-10-18-17(9-1)25-33-26(18)38-28-21-13-5-6-14-22(21)30(35-28)40-32-24-16-8-7-15-23(24)31(36-32)39-29-20-12-4-3-11-19(20)27(34-29)37-25;;/h1-16H;1H3;/q-2;-1;. The van der Waals surface area contributed by atoms with Gasteiger partial charge >= 0.3 is 0 Å². The molecular formula is C33H19CuN8-3. The number of fused-ring (bicyclic) bond motifs is 20. The minimum atomic E-state index is 0. The van der Waals surface area contributed by atoms with Gasteiger partial charge in [-0.15, -0.1) is 0 Å². The normalized spacial score (nSPS) is 11.4. The van der Waals surface area contributed by atoms with Crippen molar-refractivity contribution < 1.29 is 17.1 Å². The van der Waals surface area contributed by atoms with E-state index in [4.69, 9.17) is 39.9 Å². The molecule has 0 spiro atoms. The predicted molar refractivity (Wildman–Crippen MR) is 160 cm³/mol. The Kier molecular flexibility index (Phi) is 5.93. The maximum absolute atomic E-state index is 4.95. The van der Waals surface area contributed by atoms with Gasteiger partial charge in [-0.25, -0.2) is 9.97 Å². The van der Waals surface area contributed by atoms with E-state index in [9.17, 15) is 0 Å². The van der Waals surface area contributed by atoms with Gasteiger partial charge in [-0.3, -0.25) is 0 Å². The molecule has 205 valence electrons. The largest absolute Gasteiger partial charge is 0.358 e. The van der Waals surface area contributed by atoms with Gasteiger partial charge in [-0.1, -0.05) is 97.1 Å². The monoisotopic (exact) mass is 590 g/mol. The molecule has 0 unspecified atom stereocenters. The Morgan fingerprint density at radius 1 is 0.333 bits per heavy atom. The van der Waals surface area contributed by atoms with Gasteiger partial charge in [-0.2, -0.15) is 0 Å². The molecule has 8 nitrogen and oxygen atoms in total. The van der Waals surface area contributed by atoms with E-state index < -0.39 is 0 Å². The van der Waals surface area contributed by atoms with Gasteiger partial charge in [0.15, 0.2) is 0 Å². The summed E-state index contributed by atoms with van der Waals surface area (Å²) in [6, 6.07) is 31.8. The summed E-state index contributed by atoms with van der Waals surface area (Å²) >= 11 is 0. The summed E-state index contributed by atoms with van der Waals surface area (Å²) in [6.07, 6.45) is 0. The summed E-state index contributed by atoms with van der Waals surface area (Å²) in [5.74, 6) is 2.21. The van der Waals surface area contributed by atoms with Crippen LogP contribution in [-0.2, 0) is 17.1 Å². The van der Waals surface area contributed by atoms with Crippen LogP contribution in [0.4, 0.5) is 0 Å². The molecule has 0 N–H and O–H groups in total. The van der Waals surface area contributed by atoms with E-state index in [2.05, 4.69) is 0 Å². The van der Waals surface area contributed by atoms with Gasteiger partial charge in [0.05, 0.1) is 23.3 Å². The third-order valence-electron chi connectivity index (χ3n) is 7.33. The van der Waals surface area contributed by atoms with E-state index >= 15 is 0 Å². The molecule has 5 heterocycles.